The number of ether oxygens (including phenoxy) is 1. The topological polar surface area (TPSA) is 50.4 Å². The Labute approximate surface area is 140 Å². The maximum atomic E-state index is 12.0. The first-order valence-corrected chi connectivity index (χ1v) is 7.37. The predicted octanol–water partition coefficient (Wildman–Crippen LogP) is 2.97. The van der Waals surface area contributed by atoms with Crippen LogP contribution < -0.4 is 10.6 Å². The summed E-state index contributed by atoms with van der Waals surface area (Å²) >= 11 is 12.1. The van der Waals surface area contributed by atoms with Crippen molar-refractivity contribution >= 4 is 41.5 Å². The second kappa shape index (κ2) is 8.81. The van der Waals surface area contributed by atoms with Crippen LogP contribution in [-0.2, 0) is 9.53 Å². The molecule has 1 aliphatic heterocycles. The molecule has 4 nitrogen and oxygen atoms in total. The summed E-state index contributed by atoms with van der Waals surface area (Å²) in [5.41, 5.74) is 0.820. The van der Waals surface area contributed by atoms with Gasteiger partial charge in [-0.25, -0.2) is 0 Å². The maximum Gasteiger partial charge on any atom is 0.222 e. The van der Waals surface area contributed by atoms with Crippen molar-refractivity contribution in [3.05, 3.63) is 33.8 Å². The van der Waals surface area contributed by atoms with Crippen LogP contribution in [0.1, 0.15) is 24.9 Å². The first-order valence-electron chi connectivity index (χ1n) is 6.61. The van der Waals surface area contributed by atoms with Gasteiger partial charge in [0.05, 0.1) is 19.3 Å². The lowest BCUT2D eigenvalue weighted by Crippen LogP contribution is -2.44. The Kier molecular flexibility index (Phi) is 7.77. The highest BCUT2D eigenvalue weighted by molar-refractivity contribution is 6.33. The molecule has 1 aliphatic rings. The molecule has 21 heavy (non-hydrogen) atoms. The van der Waals surface area contributed by atoms with Gasteiger partial charge in [-0.2, -0.15) is 0 Å². The molecule has 0 bridgehead atoms. The number of amides is 1. The largest absolute Gasteiger partial charge is 0.378 e. The first-order chi connectivity index (χ1) is 9.56. The minimum atomic E-state index is -0.182. The summed E-state index contributed by atoms with van der Waals surface area (Å²) in [6.07, 6.45) is 0.391. The Morgan fingerprint density at radius 1 is 1.52 bits per heavy atom. The van der Waals surface area contributed by atoms with Crippen molar-refractivity contribution in [2.75, 3.05) is 19.8 Å². The van der Waals surface area contributed by atoms with Gasteiger partial charge < -0.3 is 15.4 Å². The molecule has 1 aromatic carbocycles. The Hall–Kier alpha value is -0.520. The molecule has 118 valence electrons. The van der Waals surface area contributed by atoms with Crippen molar-refractivity contribution in [2.45, 2.75) is 25.4 Å². The molecule has 2 N–H and O–H groups in total. The number of carbonyl (C=O) groups excluding carboxylic acids is 1. The van der Waals surface area contributed by atoms with Crippen LogP contribution in [0.2, 0.25) is 10.0 Å². The van der Waals surface area contributed by atoms with Crippen molar-refractivity contribution in [3.63, 3.8) is 0 Å². The van der Waals surface area contributed by atoms with Gasteiger partial charge in [0.1, 0.15) is 0 Å². The van der Waals surface area contributed by atoms with E-state index in [0.29, 0.717) is 29.7 Å². The molecule has 0 radical (unpaired) electrons. The third-order valence-electron chi connectivity index (χ3n) is 3.23. The Bertz CT molecular complexity index is 479. The van der Waals surface area contributed by atoms with E-state index in [-0.39, 0.29) is 30.4 Å². The van der Waals surface area contributed by atoms with Gasteiger partial charge in [-0.3, -0.25) is 4.79 Å². The number of halogens is 3. The summed E-state index contributed by atoms with van der Waals surface area (Å²) < 4.78 is 5.33. The molecule has 0 aromatic heterocycles. The number of nitrogens with one attached hydrogen (secondary N) is 2. The zero-order chi connectivity index (χ0) is 14.5. The molecule has 0 spiro atoms. The van der Waals surface area contributed by atoms with E-state index in [1.54, 1.807) is 18.2 Å². The molecular weight excluding hydrogens is 335 g/mol. The van der Waals surface area contributed by atoms with Crippen molar-refractivity contribution in [2.24, 2.45) is 0 Å². The van der Waals surface area contributed by atoms with Gasteiger partial charge in [-0.05, 0) is 30.7 Å². The van der Waals surface area contributed by atoms with Crippen molar-refractivity contribution in [1.29, 1.82) is 0 Å². The Morgan fingerprint density at radius 2 is 2.29 bits per heavy atom. The van der Waals surface area contributed by atoms with E-state index >= 15 is 0 Å². The molecule has 1 saturated heterocycles. The molecule has 1 amide bonds. The number of rotatable bonds is 4. The van der Waals surface area contributed by atoms with Crippen LogP contribution in [0.25, 0.3) is 0 Å². The summed E-state index contributed by atoms with van der Waals surface area (Å²) in [5.74, 6) is -0.0310. The second-order valence-corrected chi connectivity index (χ2v) is 5.73. The van der Waals surface area contributed by atoms with Gasteiger partial charge in [0.25, 0.3) is 0 Å². The fourth-order valence-corrected chi connectivity index (χ4v) is 2.66. The number of benzene rings is 1. The molecule has 0 saturated carbocycles. The quantitative estimate of drug-likeness (QED) is 0.875. The summed E-state index contributed by atoms with van der Waals surface area (Å²) in [6, 6.07) is 5.13. The summed E-state index contributed by atoms with van der Waals surface area (Å²) in [4.78, 5) is 12.0. The second-order valence-electron chi connectivity index (χ2n) is 4.89. The number of carbonyl (C=O) groups is 1. The molecule has 7 heteroatoms. The third kappa shape index (κ3) is 5.64. The van der Waals surface area contributed by atoms with Crippen LogP contribution in [0.15, 0.2) is 18.2 Å². The number of hydrogen-bond acceptors (Lipinski definition) is 3. The maximum absolute atomic E-state index is 12.0. The lowest BCUT2D eigenvalue weighted by molar-refractivity contribution is -0.122. The fourth-order valence-electron chi connectivity index (χ4n) is 2.20. The van der Waals surface area contributed by atoms with Crippen LogP contribution in [0.5, 0.6) is 0 Å². The van der Waals surface area contributed by atoms with E-state index < -0.39 is 0 Å². The monoisotopic (exact) mass is 352 g/mol. The van der Waals surface area contributed by atoms with E-state index in [4.69, 9.17) is 27.9 Å². The van der Waals surface area contributed by atoms with Gasteiger partial charge >= 0.3 is 0 Å². The van der Waals surface area contributed by atoms with E-state index in [1.807, 2.05) is 6.92 Å². The van der Waals surface area contributed by atoms with Crippen LogP contribution in [0, 0.1) is 0 Å². The van der Waals surface area contributed by atoms with Gasteiger partial charge in [0.15, 0.2) is 0 Å². The van der Waals surface area contributed by atoms with E-state index in [0.717, 1.165) is 12.1 Å². The zero-order valence-corrected chi connectivity index (χ0v) is 14.0. The highest BCUT2D eigenvalue weighted by Crippen LogP contribution is 2.26. The molecule has 1 aromatic rings. The highest BCUT2D eigenvalue weighted by Gasteiger charge is 2.19. The predicted molar refractivity (Wildman–Crippen MR) is 87.5 cm³/mol. The Morgan fingerprint density at radius 3 is 2.95 bits per heavy atom. The average molecular weight is 354 g/mol. The molecular formula is C14H19Cl3N2O2. The Balaban J connectivity index is 0.00000220. The zero-order valence-electron chi connectivity index (χ0n) is 11.7. The first kappa shape index (κ1) is 18.5. The molecule has 0 aliphatic carbocycles. The van der Waals surface area contributed by atoms with Crippen LogP contribution >= 0.6 is 35.6 Å². The third-order valence-corrected chi connectivity index (χ3v) is 3.81. The van der Waals surface area contributed by atoms with Gasteiger partial charge in [0, 0.05) is 29.1 Å². The smallest absolute Gasteiger partial charge is 0.222 e. The van der Waals surface area contributed by atoms with Crippen LogP contribution in [0.4, 0.5) is 0 Å². The van der Waals surface area contributed by atoms with Crippen molar-refractivity contribution < 1.29 is 9.53 Å². The summed E-state index contributed by atoms with van der Waals surface area (Å²) in [6.45, 7) is 3.94. The highest BCUT2D eigenvalue weighted by atomic mass is 35.5. The van der Waals surface area contributed by atoms with Gasteiger partial charge in [0.2, 0.25) is 5.91 Å². The minimum absolute atomic E-state index is 0. The summed E-state index contributed by atoms with van der Waals surface area (Å²) in [7, 11) is 0. The van der Waals surface area contributed by atoms with Crippen molar-refractivity contribution in [3.8, 4) is 0 Å². The van der Waals surface area contributed by atoms with Gasteiger partial charge in [-0.1, -0.05) is 23.2 Å². The van der Waals surface area contributed by atoms with Crippen molar-refractivity contribution in [1.82, 2.24) is 10.6 Å². The number of morpholine rings is 1. The standard InChI is InChI=1S/C14H18Cl2N2O2.ClH/c1-9(12-6-10(15)2-3-13(12)16)18-14(19)7-11-8-20-5-4-17-11;/h2-3,6,9,11,17H,4-5,7-8H2,1H3,(H,18,19);1H. The average Bonchev–Trinajstić information content (AvgIpc) is 2.42. The van der Waals surface area contributed by atoms with E-state index in [9.17, 15) is 4.79 Å². The molecule has 1 fully saturated rings. The minimum Gasteiger partial charge on any atom is -0.378 e. The lowest BCUT2D eigenvalue weighted by atomic mass is 10.1. The summed E-state index contributed by atoms with van der Waals surface area (Å²) in [5, 5.41) is 7.39. The van der Waals surface area contributed by atoms with E-state index in [2.05, 4.69) is 10.6 Å². The molecule has 2 atom stereocenters. The normalized spacial score (nSPS) is 19.5. The lowest BCUT2D eigenvalue weighted by Gasteiger charge is -2.24. The molecule has 1 heterocycles. The number of hydrogen-bond donors (Lipinski definition) is 2. The van der Waals surface area contributed by atoms with E-state index in [1.165, 1.54) is 0 Å². The van der Waals surface area contributed by atoms with Crippen LogP contribution in [0.3, 0.4) is 0 Å². The molecule has 2 unspecified atom stereocenters. The molecule has 2 rings (SSSR count). The van der Waals surface area contributed by atoms with Gasteiger partial charge in [-0.15, -0.1) is 12.4 Å². The fraction of sp³-hybridized carbons (Fsp3) is 0.500. The van der Waals surface area contributed by atoms with Crippen LogP contribution in [-0.4, -0.2) is 31.7 Å². The SMILES string of the molecule is CC(NC(=O)CC1COCCN1)c1cc(Cl)ccc1Cl.Cl.